The summed E-state index contributed by atoms with van der Waals surface area (Å²) in [5.74, 6) is 0.421. The van der Waals surface area contributed by atoms with Crippen LogP contribution in [0.1, 0.15) is 23.1 Å². The van der Waals surface area contributed by atoms with Gasteiger partial charge in [-0.3, -0.25) is 14.5 Å². The SMILES string of the molecule is CC(=O)c1cccc(N2C(=O)/C(=C\c3nc4ccccc4n3C)SC2=S)c1. The zero-order valence-electron chi connectivity index (χ0n) is 14.7. The van der Waals surface area contributed by atoms with Crippen LogP contribution in [-0.2, 0) is 11.8 Å². The molecule has 1 aliphatic heterocycles. The lowest BCUT2D eigenvalue weighted by Crippen LogP contribution is -2.27. The van der Waals surface area contributed by atoms with Crippen molar-refractivity contribution in [3.63, 3.8) is 0 Å². The fourth-order valence-corrected chi connectivity index (χ4v) is 4.23. The molecule has 5 nitrogen and oxygen atoms in total. The highest BCUT2D eigenvalue weighted by Gasteiger charge is 2.33. The number of aryl methyl sites for hydroxylation is 1. The number of hydrogen-bond acceptors (Lipinski definition) is 5. The van der Waals surface area contributed by atoms with Crippen LogP contribution in [0.4, 0.5) is 5.69 Å². The van der Waals surface area contributed by atoms with Gasteiger partial charge in [0.2, 0.25) is 0 Å². The lowest BCUT2D eigenvalue weighted by Gasteiger charge is -2.15. The van der Waals surface area contributed by atoms with E-state index in [1.807, 2.05) is 35.9 Å². The molecule has 134 valence electrons. The van der Waals surface area contributed by atoms with Crippen molar-refractivity contribution in [3.05, 3.63) is 64.8 Å². The molecule has 0 spiro atoms. The van der Waals surface area contributed by atoms with Crippen molar-refractivity contribution in [1.82, 2.24) is 9.55 Å². The number of aromatic nitrogens is 2. The average Bonchev–Trinajstić information content (AvgIpc) is 3.12. The zero-order valence-corrected chi connectivity index (χ0v) is 16.3. The van der Waals surface area contributed by atoms with E-state index in [-0.39, 0.29) is 11.7 Å². The molecule has 1 aliphatic rings. The second kappa shape index (κ2) is 6.75. The molecule has 0 aliphatic carbocycles. The highest BCUT2D eigenvalue weighted by molar-refractivity contribution is 8.27. The number of para-hydroxylation sites is 2. The fourth-order valence-electron chi connectivity index (χ4n) is 2.96. The number of rotatable bonds is 3. The van der Waals surface area contributed by atoms with Gasteiger partial charge in [0.05, 0.1) is 21.6 Å². The maximum atomic E-state index is 13.0. The molecule has 1 amide bonds. The van der Waals surface area contributed by atoms with Crippen molar-refractivity contribution < 1.29 is 9.59 Å². The maximum Gasteiger partial charge on any atom is 0.270 e. The minimum absolute atomic E-state index is 0.0578. The third kappa shape index (κ3) is 3.09. The molecule has 1 saturated heterocycles. The van der Waals surface area contributed by atoms with Crippen LogP contribution < -0.4 is 4.90 Å². The van der Waals surface area contributed by atoms with Crippen molar-refractivity contribution in [3.8, 4) is 0 Å². The molecule has 0 atom stereocenters. The van der Waals surface area contributed by atoms with Gasteiger partial charge in [0.1, 0.15) is 5.82 Å². The van der Waals surface area contributed by atoms with E-state index < -0.39 is 0 Å². The van der Waals surface area contributed by atoms with Crippen molar-refractivity contribution >= 4 is 62.8 Å². The number of carbonyl (C=O) groups is 2. The third-order valence-corrected chi connectivity index (χ3v) is 5.69. The van der Waals surface area contributed by atoms with Crippen LogP contribution in [0.3, 0.4) is 0 Å². The molecule has 0 unspecified atom stereocenters. The normalized spacial score (nSPS) is 15.9. The number of imidazole rings is 1. The molecule has 2 heterocycles. The van der Waals surface area contributed by atoms with Crippen LogP contribution in [0.15, 0.2) is 53.4 Å². The number of amides is 1. The Kier molecular flexibility index (Phi) is 4.41. The summed E-state index contributed by atoms with van der Waals surface area (Å²) in [4.78, 5) is 31.1. The van der Waals surface area contributed by atoms with Crippen LogP contribution in [0, 0.1) is 0 Å². The Morgan fingerprint density at radius 2 is 1.96 bits per heavy atom. The molecular formula is C20H15N3O2S2. The maximum absolute atomic E-state index is 13.0. The molecular weight excluding hydrogens is 378 g/mol. The van der Waals surface area contributed by atoms with E-state index in [0.717, 1.165) is 11.0 Å². The average molecular weight is 393 g/mol. The van der Waals surface area contributed by atoms with E-state index in [1.165, 1.54) is 23.6 Å². The van der Waals surface area contributed by atoms with Crippen LogP contribution in [0.5, 0.6) is 0 Å². The summed E-state index contributed by atoms with van der Waals surface area (Å²) in [7, 11) is 1.91. The predicted molar refractivity (Wildman–Crippen MR) is 113 cm³/mol. The van der Waals surface area contributed by atoms with E-state index >= 15 is 0 Å². The standard InChI is InChI=1S/C20H15N3O2S2/c1-12(24)13-6-5-7-14(10-13)23-19(25)17(27-20(23)26)11-18-21-15-8-3-4-9-16(15)22(18)2/h3-11H,1-2H3/b17-11+. The first-order chi connectivity index (χ1) is 13.0. The molecule has 1 aromatic heterocycles. The Morgan fingerprint density at radius 3 is 2.70 bits per heavy atom. The summed E-state index contributed by atoms with van der Waals surface area (Å²) in [6, 6.07) is 14.7. The summed E-state index contributed by atoms with van der Waals surface area (Å²) in [5, 5.41) is 0. The van der Waals surface area contributed by atoms with E-state index in [4.69, 9.17) is 12.2 Å². The second-order valence-electron chi connectivity index (χ2n) is 6.14. The minimum atomic E-state index is -0.210. The van der Waals surface area contributed by atoms with Crippen molar-refractivity contribution in [2.75, 3.05) is 4.90 Å². The van der Waals surface area contributed by atoms with Crippen LogP contribution >= 0.6 is 24.0 Å². The number of nitrogens with zero attached hydrogens (tertiary/aromatic N) is 3. The van der Waals surface area contributed by atoms with E-state index in [2.05, 4.69) is 4.98 Å². The Labute approximate surface area is 165 Å². The van der Waals surface area contributed by atoms with Gasteiger partial charge < -0.3 is 4.57 Å². The number of thioether (sulfide) groups is 1. The summed E-state index contributed by atoms with van der Waals surface area (Å²) < 4.78 is 2.38. The quantitative estimate of drug-likeness (QED) is 0.380. The predicted octanol–water partition coefficient (Wildman–Crippen LogP) is 4.18. The first kappa shape index (κ1) is 17.6. The lowest BCUT2D eigenvalue weighted by atomic mass is 10.1. The number of benzene rings is 2. The number of hydrogen-bond donors (Lipinski definition) is 0. The van der Waals surface area contributed by atoms with E-state index in [9.17, 15) is 9.59 Å². The second-order valence-corrected chi connectivity index (χ2v) is 7.82. The molecule has 0 N–H and O–H groups in total. The molecule has 1 fully saturated rings. The number of carbonyl (C=O) groups excluding carboxylic acids is 2. The summed E-state index contributed by atoms with van der Waals surface area (Å²) in [6.45, 7) is 1.50. The Morgan fingerprint density at radius 1 is 1.19 bits per heavy atom. The number of anilines is 1. The number of thiocarbonyl (C=S) groups is 1. The number of fused-ring (bicyclic) bond motifs is 1. The molecule has 4 rings (SSSR count). The highest BCUT2D eigenvalue weighted by atomic mass is 32.2. The monoisotopic (exact) mass is 393 g/mol. The van der Waals surface area contributed by atoms with Crippen LogP contribution in [0.2, 0.25) is 0 Å². The highest BCUT2D eigenvalue weighted by Crippen LogP contribution is 2.36. The van der Waals surface area contributed by atoms with Gasteiger partial charge in [0.25, 0.3) is 5.91 Å². The van der Waals surface area contributed by atoms with E-state index in [0.29, 0.717) is 26.3 Å². The largest absolute Gasteiger partial charge is 0.328 e. The number of Topliss-reactive ketones (excluding diaryl/α,β-unsaturated/α-hetero) is 1. The van der Waals surface area contributed by atoms with E-state index in [1.54, 1.807) is 30.3 Å². The number of ketones is 1. The minimum Gasteiger partial charge on any atom is -0.328 e. The van der Waals surface area contributed by atoms with Gasteiger partial charge in [-0.05, 0) is 31.2 Å². The van der Waals surface area contributed by atoms with Gasteiger partial charge in [-0.1, -0.05) is 48.2 Å². The van der Waals surface area contributed by atoms with Crippen LogP contribution in [0.25, 0.3) is 17.1 Å². The van der Waals surface area contributed by atoms with Gasteiger partial charge >= 0.3 is 0 Å². The first-order valence-corrected chi connectivity index (χ1v) is 9.48. The van der Waals surface area contributed by atoms with Gasteiger partial charge in [-0.15, -0.1) is 0 Å². The van der Waals surface area contributed by atoms with Crippen molar-refractivity contribution in [2.45, 2.75) is 6.92 Å². The van der Waals surface area contributed by atoms with Gasteiger partial charge in [-0.2, -0.15) is 0 Å². The summed E-state index contributed by atoms with van der Waals surface area (Å²) in [5.41, 5.74) is 3.00. The molecule has 7 heteroatoms. The lowest BCUT2D eigenvalue weighted by molar-refractivity contribution is -0.113. The zero-order chi connectivity index (χ0) is 19.1. The fraction of sp³-hybridized carbons (Fsp3) is 0.100. The third-order valence-electron chi connectivity index (χ3n) is 4.39. The summed E-state index contributed by atoms with van der Waals surface area (Å²) in [6.07, 6.45) is 1.76. The van der Waals surface area contributed by atoms with Gasteiger partial charge in [-0.25, -0.2) is 4.98 Å². The Balaban J connectivity index is 1.72. The molecule has 2 aromatic carbocycles. The molecule has 0 bridgehead atoms. The Hall–Kier alpha value is -2.77. The van der Waals surface area contributed by atoms with Crippen LogP contribution in [-0.4, -0.2) is 25.6 Å². The van der Waals surface area contributed by atoms with Crippen molar-refractivity contribution in [1.29, 1.82) is 0 Å². The topological polar surface area (TPSA) is 55.2 Å². The first-order valence-electron chi connectivity index (χ1n) is 8.26. The molecule has 0 saturated carbocycles. The molecule has 3 aromatic rings. The molecule has 27 heavy (non-hydrogen) atoms. The van der Waals surface area contributed by atoms with Gasteiger partial charge in [0, 0.05) is 18.7 Å². The smallest absolute Gasteiger partial charge is 0.270 e. The molecule has 0 radical (unpaired) electrons. The summed E-state index contributed by atoms with van der Waals surface area (Å²) >= 11 is 6.65. The van der Waals surface area contributed by atoms with Gasteiger partial charge in [0.15, 0.2) is 10.1 Å². The Bertz CT molecular complexity index is 1150. The van der Waals surface area contributed by atoms with Crippen molar-refractivity contribution in [2.24, 2.45) is 7.05 Å².